The number of hydrogen-bond acceptors (Lipinski definition) is 6. The molecule has 186 valence electrons. The topological polar surface area (TPSA) is 49.1 Å². The van der Waals surface area contributed by atoms with Crippen LogP contribution < -0.4 is 4.90 Å². The Morgan fingerprint density at radius 2 is 1.69 bits per heavy atom. The molecule has 6 rings (SSSR count). The first kappa shape index (κ1) is 23.0. The first-order valence-electron chi connectivity index (χ1n) is 13.3. The van der Waals surface area contributed by atoms with Crippen LogP contribution in [0.2, 0.25) is 0 Å². The van der Waals surface area contributed by atoms with Crippen LogP contribution in [0.3, 0.4) is 0 Å². The van der Waals surface area contributed by atoms with Crippen molar-refractivity contribution in [3.8, 4) is 0 Å². The highest BCUT2D eigenvalue weighted by atomic mass is 16.5. The molecule has 1 aliphatic carbocycles. The smallest absolute Gasteiger partial charge is 0.138 e. The van der Waals surface area contributed by atoms with Crippen LogP contribution in [0, 0.1) is 6.92 Å². The third kappa shape index (κ3) is 4.46. The Balaban J connectivity index is 1.40. The quantitative estimate of drug-likeness (QED) is 0.529. The second kappa shape index (κ2) is 9.52. The van der Waals surface area contributed by atoms with Gasteiger partial charge in [-0.05, 0) is 76.9 Å². The fourth-order valence-corrected chi connectivity index (χ4v) is 5.91. The van der Waals surface area contributed by atoms with E-state index in [0.29, 0.717) is 18.8 Å². The van der Waals surface area contributed by atoms with Gasteiger partial charge in [0.1, 0.15) is 11.5 Å². The maximum absolute atomic E-state index is 6.34. The number of piperazine rings is 1. The highest BCUT2D eigenvalue weighted by Gasteiger charge is 2.35. The standard InChI is InChI=1S/C28H38N6O/c1-20-7-6-14-29-27(20)22-8-4-9-23(32(22)3)28-24(19-35-21-12-13-21)34-25(30-28)10-5-11-26(34)33-17-15-31(2)16-18-33/h5-7,10-11,14,21-23H,4,8-9,12-13,15-19H2,1-3H3/t22-,23+/m0/s1. The Hall–Kier alpha value is -2.48. The van der Waals surface area contributed by atoms with E-state index in [-0.39, 0.29) is 6.04 Å². The molecule has 2 atom stereocenters. The number of pyridine rings is 2. The number of likely N-dealkylation sites (tertiary alicyclic amines) is 1. The van der Waals surface area contributed by atoms with Gasteiger partial charge in [-0.3, -0.25) is 14.3 Å². The summed E-state index contributed by atoms with van der Waals surface area (Å²) in [6.07, 6.45) is 8.14. The Morgan fingerprint density at radius 1 is 0.914 bits per heavy atom. The number of nitrogens with zero attached hydrogens (tertiary/aromatic N) is 6. The first-order chi connectivity index (χ1) is 17.1. The molecule has 0 spiro atoms. The minimum Gasteiger partial charge on any atom is -0.372 e. The van der Waals surface area contributed by atoms with E-state index in [2.05, 4.69) is 64.4 Å². The molecule has 0 bridgehead atoms. The fraction of sp³-hybridized carbons (Fsp3) is 0.571. The lowest BCUT2D eigenvalue weighted by Gasteiger charge is -2.39. The van der Waals surface area contributed by atoms with E-state index in [1.165, 1.54) is 47.7 Å². The number of fused-ring (bicyclic) bond motifs is 1. The molecule has 7 heteroatoms. The van der Waals surface area contributed by atoms with Crippen LogP contribution in [0.5, 0.6) is 0 Å². The van der Waals surface area contributed by atoms with Gasteiger partial charge in [0.15, 0.2) is 0 Å². The van der Waals surface area contributed by atoms with Crippen molar-refractivity contribution < 1.29 is 4.74 Å². The average Bonchev–Trinajstić information content (AvgIpc) is 3.63. The van der Waals surface area contributed by atoms with Gasteiger partial charge in [-0.1, -0.05) is 12.1 Å². The molecular weight excluding hydrogens is 436 g/mol. The Labute approximate surface area is 208 Å². The molecule has 3 aromatic heterocycles. The summed E-state index contributed by atoms with van der Waals surface area (Å²) >= 11 is 0. The summed E-state index contributed by atoms with van der Waals surface area (Å²) in [4.78, 5) is 17.5. The number of aryl methyl sites for hydroxylation is 1. The maximum Gasteiger partial charge on any atom is 0.138 e. The van der Waals surface area contributed by atoms with Crippen molar-refractivity contribution in [2.45, 2.75) is 63.8 Å². The molecule has 7 nitrogen and oxygen atoms in total. The third-order valence-corrected chi connectivity index (χ3v) is 8.18. The number of imidazole rings is 1. The van der Waals surface area contributed by atoms with E-state index < -0.39 is 0 Å². The van der Waals surface area contributed by atoms with Crippen LogP contribution in [-0.4, -0.2) is 70.5 Å². The van der Waals surface area contributed by atoms with Crippen LogP contribution in [-0.2, 0) is 11.3 Å². The SMILES string of the molecule is Cc1cccnc1[C@@H]1CCC[C@H](c2nc3cccc(N4CCN(C)CC4)n3c2COC2CC2)N1C. The van der Waals surface area contributed by atoms with Crippen LogP contribution in [0.15, 0.2) is 36.5 Å². The molecule has 0 N–H and O–H groups in total. The highest BCUT2D eigenvalue weighted by molar-refractivity contribution is 5.55. The van der Waals surface area contributed by atoms with Crippen molar-refractivity contribution in [1.29, 1.82) is 0 Å². The molecule has 0 unspecified atom stereocenters. The minimum atomic E-state index is 0.258. The van der Waals surface area contributed by atoms with Crippen molar-refractivity contribution in [3.05, 3.63) is 59.2 Å². The largest absolute Gasteiger partial charge is 0.372 e. The van der Waals surface area contributed by atoms with Crippen molar-refractivity contribution in [2.75, 3.05) is 45.2 Å². The average molecular weight is 475 g/mol. The van der Waals surface area contributed by atoms with Crippen LogP contribution in [0.4, 0.5) is 5.82 Å². The van der Waals surface area contributed by atoms with Gasteiger partial charge in [0.05, 0.1) is 41.9 Å². The monoisotopic (exact) mass is 474 g/mol. The van der Waals surface area contributed by atoms with E-state index in [9.17, 15) is 0 Å². The number of hydrogen-bond donors (Lipinski definition) is 0. The third-order valence-electron chi connectivity index (χ3n) is 8.18. The number of aromatic nitrogens is 3. The lowest BCUT2D eigenvalue weighted by molar-refractivity contribution is 0.0909. The molecule has 35 heavy (non-hydrogen) atoms. The van der Waals surface area contributed by atoms with Gasteiger partial charge in [-0.2, -0.15) is 0 Å². The summed E-state index contributed by atoms with van der Waals surface area (Å²) in [5.74, 6) is 1.25. The molecule has 1 saturated carbocycles. The molecular formula is C28H38N6O. The lowest BCUT2D eigenvalue weighted by Crippen LogP contribution is -2.45. The van der Waals surface area contributed by atoms with E-state index in [0.717, 1.165) is 44.7 Å². The Kier molecular flexibility index (Phi) is 6.25. The summed E-state index contributed by atoms with van der Waals surface area (Å²) in [5.41, 5.74) is 5.94. The second-order valence-corrected chi connectivity index (χ2v) is 10.7. The fourth-order valence-electron chi connectivity index (χ4n) is 5.91. The summed E-state index contributed by atoms with van der Waals surface area (Å²) in [6, 6.07) is 11.4. The van der Waals surface area contributed by atoms with Crippen molar-refractivity contribution in [1.82, 2.24) is 24.2 Å². The number of anilines is 1. The summed E-state index contributed by atoms with van der Waals surface area (Å²) in [6.45, 7) is 7.06. The zero-order chi connectivity index (χ0) is 23.9. The van der Waals surface area contributed by atoms with Gasteiger partial charge < -0.3 is 14.5 Å². The van der Waals surface area contributed by atoms with E-state index in [1.807, 2.05) is 12.3 Å². The van der Waals surface area contributed by atoms with Crippen LogP contribution in [0.1, 0.15) is 66.8 Å². The predicted octanol–water partition coefficient (Wildman–Crippen LogP) is 4.37. The van der Waals surface area contributed by atoms with Crippen LogP contribution in [0.25, 0.3) is 5.65 Å². The van der Waals surface area contributed by atoms with Crippen LogP contribution >= 0.6 is 0 Å². The van der Waals surface area contributed by atoms with Crippen molar-refractivity contribution in [2.24, 2.45) is 0 Å². The summed E-state index contributed by atoms with van der Waals surface area (Å²) in [5, 5.41) is 0. The number of likely N-dealkylation sites (N-methyl/N-ethyl adjacent to an activating group) is 1. The van der Waals surface area contributed by atoms with Crippen molar-refractivity contribution in [3.63, 3.8) is 0 Å². The second-order valence-electron chi connectivity index (χ2n) is 10.7. The Morgan fingerprint density at radius 3 is 2.43 bits per heavy atom. The molecule has 0 amide bonds. The molecule has 3 fully saturated rings. The van der Waals surface area contributed by atoms with Gasteiger partial charge in [-0.15, -0.1) is 0 Å². The molecule has 2 saturated heterocycles. The predicted molar refractivity (Wildman–Crippen MR) is 139 cm³/mol. The molecule has 0 radical (unpaired) electrons. The summed E-state index contributed by atoms with van der Waals surface area (Å²) in [7, 11) is 4.47. The van der Waals surface area contributed by atoms with Gasteiger partial charge in [-0.25, -0.2) is 4.98 Å². The zero-order valence-corrected chi connectivity index (χ0v) is 21.4. The van der Waals surface area contributed by atoms with E-state index in [1.54, 1.807) is 0 Å². The summed E-state index contributed by atoms with van der Waals surface area (Å²) < 4.78 is 8.74. The van der Waals surface area contributed by atoms with Gasteiger partial charge >= 0.3 is 0 Å². The zero-order valence-electron chi connectivity index (χ0n) is 21.4. The number of rotatable bonds is 6. The van der Waals surface area contributed by atoms with E-state index in [4.69, 9.17) is 14.7 Å². The molecule has 0 aromatic carbocycles. The number of piperidine rings is 1. The van der Waals surface area contributed by atoms with Gasteiger partial charge in [0, 0.05) is 32.4 Å². The minimum absolute atomic E-state index is 0.258. The molecule has 5 heterocycles. The highest BCUT2D eigenvalue weighted by Crippen LogP contribution is 2.42. The molecule has 2 aliphatic heterocycles. The maximum atomic E-state index is 6.34. The van der Waals surface area contributed by atoms with Gasteiger partial charge in [0.2, 0.25) is 0 Å². The van der Waals surface area contributed by atoms with Gasteiger partial charge in [0.25, 0.3) is 0 Å². The first-order valence-corrected chi connectivity index (χ1v) is 13.3. The van der Waals surface area contributed by atoms with E-state index >= 15 is 0 Å². The Bertz CT molecular complexity index is 1180. The number of ether oxygens (including phenoxy) is 1. The normalized spacial score (nSPS) is 24.4. The van der Waals surface area contributed by atoms with Crippen molar-refractivity contribution >= 4 is 11.5 Å². The lowest BCUT2D eigenvalue weighted by atomic mass is 9.90. The molecule has 3 aromatic rings. The molecule has 3 aliphatic rings.